The summed E-state index contributed by atoms with van der Waals surface area (Å²) in [5.41, 5.74) is 0. The van der Waals surface area contributed by atoms with Crippen LogP contribution in [0.3, 0.4) is 0 Å². The van der Waals surface area contributed by atoms with Crippen LogP contribution in [-0.2, 0) is 9.59 Å². The Morgan fingerprint density at radius 2 is 1.81 bits per heavy atom. The van der Waals surface area contributed by atoms with E-state index in [1.807, 2.05) is 13.8 Å². The average Bonchev–Trinajstić information content (AvgIpc) is 2.27. The van der Waals surface area contributed by atoms with E-state index in [9.17, 15) is 9.59 Å². The number of carbonyl (C=O) groups is 2. The molecule has 0 aromatic rings. The summed E-state index contributed by atoms with van der Waals surface area (Å²) < 4.78 is 0. The summed E-state index contributed by atoms with van der Waals surface area (Å²) >= 11 is 0. The normalized spacial score (nSPS) is 11.4. The van der Waals surface area contributed by atoms with Gasteiger partial charge in [0, 0.05) is 19.1 Å². The SMILES string of the molecule is C=CCN(CC=C)C(=O)C(=O)NC(C)CC. The third-order valence-electron chi connectivity index (χ3n) is 2.17. The molecule has 0 fully saturated rings. The summed E-state index contributed by atoms with van der Waals surface area (Å²) in [5.74, 6) is -1.11. The molecule has 90 valence electrons. The van der Waals surface area contributed by atoms with Gasteiger partial charge in [-0.2, -0.15) is 0 Å². The Hall–Kier alpha value is -1.58. The molecular weight excluding hydrogens is 204 g/mol. The summed E-state index contributed by atoms with van der Waals surface area (Å²) in [7, 11) is 0. The fourth-order valence-electron chi connectivity index (χ4n) is 1.08. The van der Waals surface area contributed by atoms with Gasteiger partial charge in [0.15, 0.2) is 0 Å². The molecule has 0 radical (unpaired) electrons. The van der Waals surface area contributed by atoms with Crippen molar-refractivity contribution in [2.24, 2.45) is 0 Å². The lowest BCUT2D eigenvalue weighted by Gasteiger charge is -2.19. The van der Waals surface area contributed by atoms with E-state index in [1.165, 1.54) is 4.90 Å². The highest BCUT2D eigenvalue weighted by Gasteiger charge is 2.20. The lowest BCUT2D eigenvalue weighted by atomic mass is 10.2. The van der Waals surface area contributed by atoms with Gasteiger partial charge in [0.25, 0.3) is 0 Å². The second-order valence-corrected chi connectivity index (χ2v) is 3.57. The van der Waals surface area contributed by atoms with Crippen LogP contribution < -0.4 is 5.32 Å². The molecule has 2 amide bonds. The highest BCUT2D eigenvalue weighted by atomic mass is 16.2. The van der Waals surface area contributed by atoms with Gasteiger partial charge in [-0.15, -0.1) is 13.2 Å². The lowest BCUT2D eigenvalue weighted by molar-refractivity contribution is -0.145. The van der Waals surface area contributed by atoms with Crippen molar-refractivity contribution in [1.29, 1.82) is 0 Å². The smallest absolute Gasteiger partial charge is 0.312 e. The van der Waals surface area contributed by atoms with Crippen molar-refractivity contribution in [3.63, 3.8) is 0 Å². The van der Waals surface area contributed by atoms with Crippen molar-refractivity contribution in [2.75, 3.05) is 13.1 Å². The summed E-state index contributed by atoms with van der Waals surface area (Å²) in [5, 5.41) is 2.63. The van der Waals surface area contributed by atoms with Gasteiger partial charge in [0.1, 0.15) is 0 Å². The standard InChI is InChI=1S/C12H20N2O2/c1-5-8-14(9-6-2)12(16)11(15)13-10(4)7-3/h5-6,10H,1-2,7-9H2,3-4H3,(H,13,15). The molecule has 0 aliphatic rings. The third-order valence-corrected chi connectivity index (χ3v) is 2.17. The van der Waals surface area contributed by atoms with Gasteiger partial charge in [-0.25, -0.2) is 0 Å². The topological polar surface area (TPSA) is 49.4 Å². The predicted molar refractivity (Wildman–Crippen MR) is 64.9 cm³/mol. The van der Waals surface area contributed by atoms with Crippen LogP contribution in [0.1, 0.15) is 20.3 Å². The highest BCUT2D eigenvalue weighted by Crippen LogP contribution is 1.94. The maximum atomic E-state index is 11.7. The molecule has 16 heavy (non-hydrogen) atoms. The van der Waals surface area contributed by atoms with Crippen LogP contribution in [0.4, 0.5) is 0 Å². The first kappa shape index (κ1) is 14.4. The first-order valence-electron chi connectivity index (χ1n) is 5.38. The zero-order chi connectivity index (χ0) is 12.6. The van der Waals surface area contributed by atoms with Gasteiger partial charge in [0.05, 0.1) is 0 Å². The minimum Gasteiger partial charge on any atom is -0.345 e. The number of amides is 2. The summed E-state index contributed by atoms with van der Waals surface area (Å²) in [6.45, 7) is 11.6. The van der Waals surface area contributed by atoms with E-state index in [4.69, 9.17) is 0 Å². The van der Waals surface area contributed by atoms with Crippen LogP contribution in [0, 0.1) is 0 Å². The number of hydrogen-bond donors (Lipinski definition) is 1. The molecule has 4 nitrogen and oxygen atoms in total. The molecule has 0 aliphatic heterocycles. The molecule has 0 rings (SSSR count). The number of hydrogen-bond acceptors (Lipinski definition) is 2. The second-order valence-electron chi connectivity index (χ2n) is 3.57. The van der Waals surface area contributed by atoms with E-state index < -0.39 is 11.8 Å². The lowest BCUT2D eigenvalue weighted by Crippen LogP contribution is -2.45. The van der Waals surface area contributed by atoms with Crippen molar-refractivity contribution in [1.82, 2.24) is 10.2 Å². The van der Waals surface area contributed by atoms with Crippen molar-refractivity contribution in [3.8, 4) is 0 Å². The Labute approximate surface area is 97.0 Å². The zero-order valence-electron chi connectivity index (χ0n) is 10.0. The van der Waals surface area contributed by atoms with Gasteiger partial charge in [-0.05, 0) is 13.3 Å². The number of carbonyl (C=O) groups excluding carboxylic acids is 2. The quantitative estimate of drug-likeness (QED) is 0.542. The Morgan fingerprint density at radius 1 is 1.31 bits per heavy atom. The van der Waals surface area contributed by atoms with Gasteiger partial charge in [-0.1, -0.05) is 19.1 Å². The van der Waals surface area contributed by atoms with Crippen molar-refractivity contribution in [2.45, 2.75) is 26.3 Å². The van der Waals surface area contributed by atoms with Crippen LogP contribution in [0.2, 0.25) is 0 Å². The molecule has 4 heteroatoms. The van der Waals surface area contributed by atoms with Crippen molar-refractivity contribution >= 4 is 11.8 Å². The van der Waals surface area contributed by atoms with E-state index in [-0.39, 0.29) is 6.04 Å². The van der Waals surface area contributed by atoms with Crippen LogP contribution in [0.25, 0.3) is 0 Å². The number of nitrogens with one attached hydrogen (secondary N) is 1. The molecule has 0 saturated heterocycles. The predicted octanol–water partition coefficient (Wildman–Crippen LogP) is 1.10. The maximum absolute atomic E-state index is 11.7. The summed E-state index contributed by atoms with van der Waals surface area (Å²) in [6.07, 6.45) is 3.96. The molecule has 1 unspecified atom stereocenters. The average molecular weight is 224 g/mol. The maximum Gasteiger partial charge on any atom is 0.312 e. The van der Waals surface area contributed by atoms with Crippen LogP contribution in [0.15, 0.2) is 25.3 Å². The highest BCUT2D eigenvalue weighted by molar-refractivity contribution is 6.35. The Balaban J connectivity index is 4.41. The van der Waals surface area contributed by atoms with Gasteiger partial charge in [-0.3, -0.25) is 9.59 Å². The van der Waals surface area contributed by atoms with Gasteiger partial charge in [0.2, 0.25) is 0 Å². The molecule has 0 aromatic heterocycles. The van der Waals surface area contributed by atoms with Crippen LogP contribution in [-0.4, -0.2) is 35.8 Å². The largest absolute Gasteiger partial charge is 0.345 e. The second kappa shape index (κ2) is 7.68. The van der Waals surface area contributed by atoms with E-state index in [2.05, 4.69) is 18.5 Å². The number of nitrogens with zero attached hydrogens (tertiary/aromatic N) is 1. The fraction of sp³-hybridized carbons (Fsp3) is 0.500. The molecule has 0 spiro atoms. The first-order valence-corrected chi connectivity index (χ1v) is 5.38. The summed E-state index contributed by atoms with van der Waals surface area (Å²) in [6, 6.07) is 0.00534. The summed E-state index contributed by atoms with van der Waals surface area (Å²) in [4.78, 5) is 24.6. The molecular formula is C12H20N2O2. The zero-order valence-corrected chi connectivity index (χ0v) is 10.0. The Kier molecular flexibility index (Phi) is 6.92. The van der Waals surface area contributed by atoms with Crippen molar-refractivity contribution < 1.29 is 9.59 Å². The van der Waals surface area contributed by atoms with Crippen LogP contribution in [0.5, 0.6) is 0 Å². The molecule has 0 heterocycles. The van der Waals surface area contributed by atoms with Crippen molar-refractivity contribution in [3.05, 3.63) is 25.3 Å². The van der Waals surface area contributed by atoms with E-state index >= 15 is 0 Å². The molecule has 0 bridgehead atoms. The third kappa shape index (κ3) is 4.77. The fourth-order valence-corrected chi connectivity index (χ4v) is 1.08. The van der Waals surface area contributed by atoms with E-state index in [1.54, 1.807) is 12.2 Å². The minimum absolute atomic E-state index is 0.00534. The van der Waals surface area contributed by atoms with Gasteiger partial charge < -0.3 is 10.2 Å². The molecule has 0 saturated carbocycles. The van der Waals surface area contributed by atoms with Crippen LogP contribution >= 0.6 is 0 Å². The molecule has 0 aromatic carbocycles. The Bertz CT molecular complexity index is 264. The Morgan fingerprint density at radius 3 is 2.19 bits per heavy atom. The minimum atomic E-state index is -0.571. The molecule has 0 aliphatic carbocycles. The monoisotopic (exact) mass is 224 g/mol. The first-order chi connectivity index (χ1) is 7.56. The van der Waals surface area contributed by atoms with E-state index in [0.717, 1.165) is 6.42 Å². The molecule has 1 atom stereocenters. The molecule has 1 N–H and O–H groups in total. The van der Waals surface area contributed by atoms with Gasteiger partial charge >= 0.3 is 11.8 Å². The number of rotatable bonds is 6. The van der Waals surface area contributed by atoms with E-state index in [0.29, 0.717) is 13.1 Å².